The van der Waals surface area contributed by atoms with Crippen molar-refractivity contribution in [2.45, 2.75) is 45.8 Å². The molecule has 0 spiro atoms. The van der Waals surface area contributed by atoms with E-state index in [2.05, 4.69) is 51.0 Å². The zero-order valence-corrected chi connectivity index (χ0v) is 18.9. The predicted molar refractivity (Wildman–Crippen MR) is 89.2 cm³/mol. The standard InChI is InChI=1S/C6H16NSi.C5H5.4CH3.2ClH.Ti/c1-6(2,3)7-8(4)5;1-2-4-5-3-1;;;;;;;/h8H,1-5H3;1-3H,4H2;4*1H3;2*1H;/q6*-1;;;+2/p-2. The first kappa shape index (κ1) is 49.7. The van der Waals surface area contributed by atoms with Crippen LogP contribution in [0, 0.1) is 35.8 Å². The van der Waals surface area contributed by atoms with Crippen LogP contribution in [0.1, 0.15) is 27.2 Å². The van der Waals surface area contributed by atoms with Gasteiger partial charge in [-0.25, -0.2) is 12.2 Å². The van der Waals surface area contributed by atoms with Gasteiger partial charge in [0.2, 0.25) is 0 Å². The molecule has 0 aliphatic heterocycles. The van der Waals surface area contributed by atoms with Crippen LogP contribution >= 0.6 is 0 Å². The SMILES string of the molecule is C[SiH](C)[N-]C(C)(C)C.[C-]1=CC=CC1.[CH3-].[CH3-].[CH3-].[CH3-].[Cl-].[Cl-].[Ti+2]. The Hall–Kier alpha value is 0.951. The van der Waals surface area contributed by atoms with Gasteiger partial charge in [0.25, 0.3) is 0 Å². The second-order valence-electron chi connectivity index (χ2n) is 4.40. The molecule has 0 aromatic carbocycles. The van der Waals surface area contributed by atoms with Gasteiger partial charge in [0.1, 0.15) is 0 Å². The van der Waals surface area contributed by atoms with Gasteiger partial charge in [-0.2, -0.15) is 6.08 Å². The minimum absolute atomic E-state index is 0. The molecule has 0 heterocycles. The molecule has 1 rings (SSSR count). The Labute approximate surface area is 159 Å². The van der Waals surface area contributed by atoms with Gasteiger partial charge >= 0.3 is 21.7 Å². The van der Waals surface area contributed by atoms with Gasteiger partial charge in [-0.1, -0.05) is 42.8 Å². The fraction of sp³-hybridized carbons (Fsp3) is 0.467. The number of rotatable bonds is 1. The zero-order chi connectivity index (χ0) is 10.3. The van der Waals surface area contributed by atoms with E-state index < -0.39 is 8.96 Å². The van der Waals surface area contributed by atoms with Crippen molar-refractivity contribution >= 4 is 8.96 Å². The number of hydrogen-bond donors (Lipinski definition) is 0. The topological polar surface area (TPSA) is 14.1 Å². The first-order chi connectivity index (χ1) is 5.92. The molecule has 20 heavy (non-hydrogen) atoms. The van der Waals surface area contributed by atoms with E-state index in [1.54, 1.807) is 0 Å². The molecular formula is C15H33Cl2NSiTi-6. The summed E-state index contributed by atoms with van der Waals surface area (Å²) in [6.45, 7) is 10.9. The third-order valence-electron chi connectivity index (χ3n) is 1.23. The van der Waals surface area contributed by atoms with Gasteiger partial charge in [-0.15, -0.1) is 12.0 Å². The summed E-state index contributed by atoms with van der Waals surface area (Å²) in [6.07, 6.45) is 10.0. The molecule has 0 bridgehead atoms. The van der Waals surface area contributed by atoms with Gasteiger partial charge in [0.05, 0.1) is 0 Å². The molecule has 126 valence electrons. The zero-order valence-electron chi connectivity index (χ0n) is 14.7. The molecule has 0 N–H and O–H groups in total. The van der Waals surface area contributed by atoms with E-state index >= 15 is 0 Å². The summed E-state index contributed by atoms with van der Waals surface area (Å²) in [5, 5.41) is 0. The fourth-order valence-corrected chi connectivity index (χ4v) is 2.66. The molecule has 5 heteroatoms. The minimum Gasteiger partial charge on any atom is -1.00 e. The molecule has 0 amide bonds. The van der Waals surface area contributed by atoms with Crippen LogP contribution in [-0.2, 0) is 21.7 Å². The van der Waals surface area contributed by atoms with E-state index in [9.17, 15) is 0 Å². The van der Waals surface area contributed by atoms with Gasteiger partial charge in [-0.05, 0) is 0 Å². The van der Waals surface area contributed by atoms with Crippen LogP contribution in [0.15, 0.2) is 18.2 Å². The number of allylic oxidation sites excluding steroid dienone is 4. The van der Waals surface area contributed by atoms with E-state index in [1.165, 1.54) is 0 Å². The van der Waals surface area contributed by atoms with Gasteiger partial charge in [0, 0.05) is 0 Å². The summed E-state index contributed by atoms with van der Waals surface area (Å²) in [5.74, 6) is 0. The summed E-state index contributed by atoms with van der Waals surface area (Å²) in [6, 6.07) is 0. The molecule has 0 saturated carbocycles. The number of hydrogen-bond acceptors (Lipinski definition) is 0. The molecule has 0 radical (unpaired) electrons. The summed E-state index contributed by atoms with van der Waals surface area (Å²) < 4.78 is 0. The van der Waals surface area contributed by atoms with Crippen molar-refractivity contribution < 1.29 is 46.5 Å². The maximum atomic E-state index is 4.55. The summed E-state index contributed by atoms with van der Waals surface area (Å²) in [4.78, 5) is 4.55. The predicted octanol–water partition coefficient (Wildman–Crippen LogP) is -0.746. The molecule has 0 saturated heterocycles. The van der Waals surface area contributed by atoms with Crippen LogP contribution in [0.3, 0.4) is 0 Å². The molecular weight excluding hydrogens is 341 g/mol. The van der Waals surface area contributed by atoms with Crippen LogP contribution in [0.25, 0.3) is 4.98 Å². The Bertz CT molecular complexity index is 181. The van der Waals surface area contributed by atoms with Crippen LogP contribution in [0.5, 0.6) is 0 Å². The van der Waals surface area contributed by atoms with Crippen LogP contribution in [0.2, 0.25) is 13.1 Å². The van der Waals surface area contributed by atoms with E-state index in [-0.39, 0.29) is 81.8 Å². The minimum atomic E-state index is -0.671. The van der Waals surface area contributed by atoms with Crippen molar-refractivity contribution in [2.75, 3.05) is 0 Å². The van der Waals surface area contributed by atoms with Crippen molar-refractivity contribution in [1.82, 2.24) is 0 Å². The Balaban J connectivity index is -0.0000000183. The molecule has 1 aliphatic rings. The van der Waals surface area contributed by atoms with Crippen molar-refractivity contribution in [3.8, 4) is 0 Å². The number of halogens is 2. The maximum absolute atomic E-state index is 4.55. The fourth-order valence-electron chi connectivity index (χ4n) is 1.11. The second-order valence-corrected chi connectivity index (χ2v) is 6.84. The van der Waals surface area contributed by atoms with Crippen LogP contribution in [0.4, 0.5) is 0 Å². The average molecular weight is 374 g/mol. The molecule has 0 aromatic rings. The van der Waals surface area contributed by atoms with E-state index in [0.717, 1.165) is 6.42 Å². The Morgan fingerprint density at radius 1 is 1.00 bits per heavy atom. The second kappa shape index (κ2) is 28.2. The molecule has 0 unspecified atom stereocenters. The Kier molecular flexibility index (Phi) is 70.0. The van der Waals surface area contributed by atoms with E-state index in [4.69, 9.17) is 0 Å². The van der Waals surface area contributed by atoms with Crippen LogP contribution < -0.4 is 24.8 Å². The Morgan fingerprint density at radius 3 is 1.45 bits per heavy atom. The van der Waals surface area contributed by atoms with Gasteiger partial charge < -0.3 is 59.5 Å². The third-order valence-corrected chi connectivity index (χ3v) is 2.52. The molecule has 0 aromatic heterocycles. The smallest absolute Gasteiger partial charge is 1.00 e. The van der Waals surface area contributed by atoms with E-state index in [0.29, 0.717) is 0 Å². The summed E-state index contributed by atoms with van der Waals surface area (Å²) >= 11 is 0. The molecule has 0 fully saturated rings. The largest absolute Gasteiger partial charge is 2.00 e. The maximum Gasteiger partial charge on any atom is 2.00 e. The normalized spacial score (nSPS) is 9.50. The van der Waals surface area contributed by atoms with Crippen LogP contribution in [-0.4, -0.2) is 14.5 Å². The quantitative estimate of drug-likeness (QED) is 0.424. The van der Waals surface area contributed by atoms with Crippen molar-refractivity contribution in [1.29, 1.82) is 0 Å². The average Bonchev–Trinajstić information content (AvgIpc) is 2.33. The summed E-state index contributed by atoms with van der Waals surface area (Å²) in [7, 11) is -0.671. The monoisotopic (exact) mass is 373 g/mol. The summed E-state index contributed by atoms with van der Waals surface area (Å²) in [5.41, 5.74) is 0.209. The van der Waals surface area contributed by atoms with Crippen molar-refractivity contribution in [3.63, 3.8) is 0 Å². The van der Waals surface area contributed by atoms with E-state index in [1.807, 2.05) is 12.2 Å². The van der Waals surface area contributed by atoms with Gasteiger partial charge in [0.15, 0.2) is 0 Å². The Morgan fingerprint density at radius 2 is 1.40 bits per heavy atom. The first-order valence-corrected chi connectivity index (χ1v) is 7.68. The molecule has 1 nitrogen and oxygen atoms in total. The number of nitrogens with zero attached hydrogens (tertiary/aromatic N) is 1. The third kappa shape index (κ3) is 50.9. The molecule has 1 aliphatic carbocycles. The van der Waals surface area contributed by atoms with Crippen molar-refractivity contribution in [2.24, 2.45) is 0 Å². The van der Waals surface area contributed by atoms with Crippen molar-refractivity contribution in [3.05, 3.63) is 59.0 Å². The van der Waals surface area contributed by atoms with Gasteiger partial charge in [-0.3, -0.25) is 6.08 Å². The first-order valence-electron chi connectivity index (χ1n) is 4.85. The molecule has 0 atom stereocenters.